The average Bonchev–Trinajstić information content (AvgIpc) is 3.16. The molecule has 0 saturated carbocycles. The number of nitrogens with zero attached hydrogens (tertiary/aromatic N) is 1. The van der Waals surface area contributed by atoms with Crippen molar-refractivity contribution in [3.05, 3.63) is 66.6 Å². The lowest BCUT2D eigenvalue weighted by atomic mass is 10.1. The molecule has 1 N–H and O–H groups in total. The van der Waals surface area contributed by atoms with Gasteiger partial charge in [-0.25, -0.2) is 4.39 Å². The SMILES string of the molecule is Fc1ccccc1-c1cc(-c2ccc3[nH]ccc3c2)on1. The summed E-state index contributed by atoms with van der Waals surface area (Å²) in [7, 11) is 0. The van der Waals surface area contributed by atoms with Gasteiger partial charge in [-0.1, -0.05) is 17.3 Å². The molecule has 102 valence electrons. The number of hydrogen-bond donors (Lipinski definition) is 1. The number of H-pyrrole nitrogens is 1. The molecule has 2 aromatic heterocycles. The largest absolute Gasteiger partial charge is 0.361 e. The molecule has 0 fully saturated rings. The number of benzene rings is 2. The summed E-state index contributed by atoms with van der Waals surface area (Å²) < 4.78 is 19.1. The van der Waals surface area contributed by atoms with Crippen molar-refractivity contribution >= 4 is 10.9 Å². The average molecular weight is 278 g/mol. The van der Waals surface area contributed by atoms with Crippen LogP contribution in [-0.2, 0) is 0 Å². The first-order valence-electron chi connectivity index (χ1n) is 6.60. The van der Waals surface area contributed by atoms with Gasteiger partial charge in [0.2, 0.25) is 0 Å². The molecular weight excluding hydrogens is 267 g/mol. The number of halogens is 1. The van der Waals surface area contributed by atoms with E-state index in [1.165, 1.54) is 6.07 Å². The molecule has 4 heteroatoms. The Morgan fingerprint density at radius 3 is 2.81 bits per heavy atom. The standard InChI is InChI=1S/C17H11FN2O/c18-14-4-2-1-3-13(14)16-10-17(21-20-16)12-5-6-15-11(9-12)7-8-19-15/h1-10,19H. The number of hydrogen-bond acceptors (Lipinski definition) is 2. The fraction of sp³-hybridized carbons (Fsp3) is 0. The van der Waals surface area contributed by atoms with E-state index >= 15 is 0 Å². The normalized spacial score (nSPS) is 11.1. The van der Waals surface area contributed by atoms with Crippen LogP contribution in [0, 0.1) is 5.82 Å². The van der Waals surface area contributed by atoms with E-state index in [1.807, 2.05) is 30.5 Å². The van der Waals surface area contributed by atoms with Gasteiger partial charge in [-0.2, -0.15) is 0 Å². The van der Waals surface area contributed by atoms with Gasteiger partial charge in [0.05, 0.1) is 0 Å². The highest BCUT2D eigenvalue weighted by Gasteiger charge is 2.12. The van der Waals surface area contributed by atoms with Crippen molar-refractivity contribution in [3.63, 3.8) is 0 Å². The van der Waals surface area contributed by atoms with Crippen LogP contribution in [0.25, 0.3) is 33.5 Å². The van der Waals surface area contributed by atoms with Crippen molar-refractivity contribution in [2.45, 2.75) is 0 Å². The Labute approximate surface area is 120 Å². The number of aromatic nitrogens is 2. The number of aromatic amines is 1. The molecule has 0 amide bonds. The maximum Gasteiger partial charge on any atom is 0.167 e. The highest BCUT2D eigenvalue weighted by atomic mass is 19.1. The fourth-order valence-electron chi connectivity index (χ4n) is 2.41. The highest BCUT2D eigenvalue weighted by molar-refractivity contribution is 5.84. The van der Waals surface area contributed by atoms with Crippen molar-refractivity contribution in [1.29, 1.82) is 0 Å². The molecule has 2 heterocycles. The zero-order valence-corrected chi connectivity index (χ0v) is 11.0. The predicted octanol–water partition coefficient (Wildman–Crippen LogP) is 4.63. The molecule has 0 bridgehead atoms. The molecule has 0 aliphatic heterocycles. The van der Waals surface area contributed by atoms with Gasteiger partial charge in [0, 0.05) is 34.3 Å². The highest BCUT2D eigenvalue weighted by Crippen LogP contribution is 2.29. The molecule has 0 aliphatic carbocycles. The Hall–Kier alpha value is -2.88. The lowest BCUT2D eigenvalue weighted by Gasteiger charge is -1.96. The van der Waals surface area contributed by atoms with Crippen LogP contribution in [-0.4, -0.2) is 10.1 Å². The van der Waals surface area contributed by atoms with E-state index in [4.69, 9.17) is 4.52 Å². The van der Waals surface area contributed by atoms with Crippen molar-refractivity contribution < 1.29 is 8.91 Å². The molecule has 21 heavy (non-hydrogen) atoms. The van der Waals surface area contributed by atoms with Crippen LogP contribution in [0.15, 0.2) is 65.3 Å². The van der Waals surface area contributed by atoms with Crippen molar-refractivity contribution in [1.82, 2.24) is 10.1 Å². The van der Waals surface area contributed by atoms with E-state index in [2.05, 4.69) is 10.1 Å². The Morgan fingerprint density at radius 1 is 1.00 bits per heavy atom. The summed E-state index contributed by atoms with van der Waals surface area (Å²) in [6.07, 6.45) is 1.89. The van der Waals surface area contributed by atoms with E-state index in [0.717, 1.165) is 16.5 Å². The Balaban J connectivity index is 1.78. The Morgan fingerprint density at radius 2 is 1.90 bits per heavy atom. The zero-order chi connectivity index (χ0) is 14.2. The second-order valence-electron chi connectivity index (χ2n) is 4.84. The van der Waals surface area contributed by atoms with E-state index in [0.29, 0.717) is 17.0 Å². The first-order valence-corrected chi connectivity index (χ1v) is 6.60. The Bertz CT molecular complexity index is 923. The molecule has 0 radical (unpaired) electrons. The minimum Gasteiger partial charge on any atom is -0.361 e. The van der Waals surface area contributed by atoms with E-state index in [9.17, 15) is 4.39 Å². The van der Waals surface area contributed by atoms with Crippen LogP contribution in [0.4, 0.5) is 4.39 Å². The lowest BCUT2D eigenvalue weighted by Crippen LogP contribution is -1.82. The summed E-state index contributed by atoms with van der Waals surface area (Å²) in [4.78, 5) is 3.14. The van der Waals surface area contributed by atoms with Crippen molar-refractivity contribution in [3.8, 4) is 22.6 Å². The molecule has 3 nitrogen and oxygen atoms in total. The Kier molecular flexibility index (Phi) is 2.60. The third-order valence-electron chi connectivity index (χ3n) is 3.50. The quantitative estimate of drug-likeness (QED) is 0.581. The molecule has 0 unspecified atom stereocenters. The summed E-state index contributed by atoms with van der Waals surface area (Å²) >= 11 is 0. The van der Waals surface area contributed by atoms with E-state index in [-0.39, 0.29) is 5.82 Å². The third kappa shape index (κ3) is 2.01. The lowest BCUT2D eigenvalue weighted by molar-refractivity contribution is 0.434. The molecule has 4 aromatic rings. The summed E-state index contributed by atoms with van der Waals surface area (Å²) in [6, 6.07) is 16.2. The van der Waals surface area contributed by atoms with E-state index < -0.39 is 0 Å². The maximum atomic E-state index is 13.8. The number of nitrogens with one attached hydrogen (secondary N) is 1. The maximum absolute atomic E-state index is 13.8. The van der Waals surface area contributed by atoms with Crippen LogP contribution in [0.5, 0.6) is 0 Å². The topological polar surface area (TPSA) is 41.8 Å². The first-order chi connectivity index (χ1) is 10.3. The van der Waals surface area contributed by atoms with Crippen LogP contribution in [0.3, 0.4) is 0 Å². The van der Waals surface area contributed by atoms with Gasteiger partial charge in [-0.15, -0.1) is 0 Å². The van der Waals surface area contributed by atoms with Gasteiger partial charge in [0.15, 0.2) is 5.76 Å². The monoisotopic (exact) mass is 278 g/mol. The van der Waals surface area contributed by atoms with Crippen molar-refractivity contribution in [2.24, 2.45) is 0 Å². The molecule has 2 aromatic carbocycles. The molecule has 0 atom stereocenters. The predicted molar refractivity (Wildman–Crippen MR) is 79.2 cm³/mol. The van der Waals surface area contributed by atoms with Crippen LogP contribution >= 0.6 is 0 Å². The second kappa shape index (κ2) is 4.59. The summed E-state index contributed by atoms with van der Waals surface area (Å²) in [5, 5.41) is 5.06. The van der Waals surface area contributed by atoms with Crippen LogP contribution in [0.2, 0.25) is 0 Å². The fourth-order valence-corrected chi connectivity index (χ4v) is 2.41. The second-order valence-corrected chi connectivity index (χ2v) is 4.84. The first kappa shape index (κ1) is 11.9. The van der Waals surface area contributed by atoms with Gasteiger partial charge in [0.1, 0.15) is 11.5 Å². The number of fused-ring (bicyclic) bond motifs is 1. The van der Waals surface area contributed by atoms with Crippen LogP contribution < -0.4 is 0 Å². The number of rotatable bonds is 2. The minimum atomic E-state index is -0.307. The minimum absolute atomic E-state index is 0.307. The molecule has 4 rings (SSSR count). The van der Waals surface area contributed by atoms with E-state index in [1.54, 1.807) is 24.3 Å². The summed E-state index contributed by atoms with van der Waals surface area (Å²) in [5.74, 6) is 0.315. The van der Waals surface area contributed by atoms with Gasteiger partial charge in [-0.05, 0) is 36.4 Å². The van der Waals surface area contributed by atoms with Gasteiger partial charge >= 0.3 is 0 Å². The molecular formula is C17H11FN2O. The molecule has 0 spiro atoms. The summed E-state index contributed by atoms with van der Waals surface area (Å²) in [6.45, 7) is 0. The van der Waals surface area contributed by atoms with Gasteiger partial charge in [0.25, 0.3) is 0 Å². The third-order valence-corrected chi connectivity index (χ3v) is 3.50. The smallest absolute Gasteiger partial charge is 0.167 e. The molecule has 0 saturated heterocycles. The molecule has 0 aliphatic rings. The zero-order valence-electron chi connectivity index (χ0n) is 11.0. The van der Waals surface area contributed by atoms with Gasteiger partial charge < -0.3 is 9.51 Å². The van der Waals surface area contributed by atoms with Crippen molar-refractivity contribution in [2.75, 3.05) is 0 Å². The van der Waals surface area contributed by atoms with Crippen LogP contribution in [0.1, 0.15) is 0 Å². The summed E-state index contributed by atoms with van der Waals surface area (Å²) in [5.41, 5.74) is 2.91. The van der Waals surface area contributed by atoms with Gasteiger partial charge in [-0.3, -0.25) is 0 Å².